The molecule has 0 aromatic carbocycles. The van der Waals surface area contributed by atoms with Crippen molar-refractivity contribution in [3.8, 4) is 0 Å². The smallest absolute Gasteiger partial charge is 0.308 e. The number of aliphatic hydroxyl groups is 2. The fraction of sp³-hybridized carbons (Fsp3) is 0.966. The van der Waals surface area contributed by atoms with Gasteiger partial charge >= 0.3 is 5.97 Å². The highest BCUT2D eigenvalue weighted by Gasteiger charge is 2.45. The average Bonchev–Trinajstić information content (AvgIpc) is 2.81. The van der Waals surface area contributed by atoms with Crippen molar-refractivity contribution in [1.82, 2.24) is 0 Å². The lowest BCUT2D eigenvalue weighted by Crippen LogP contribution is -2.49. The minimum atomic E-state index is -0.741. The fourth-order valence-corrected chi connectivity index (χ4v) is 6.67. The van der Waals surface area contributed by atoms with Gasteiger partial charge in [0.1, 0.15) is 0 Å². The van der Waals surface area contributed by atoms with Gasteiger partial charge in [0.15, 0.2) is 6.29 Å². The SMILES string of the molecule is CCCCCCOC(=O)C1CCC(OC2C(C)CC(OC(O)C3CCC(O)CC3)CC2(C)C)CC1. The Balaban J connectivity index is 1.40. The van der Waals surface area contributed by atoms with Crippen molar-refractivity contribution in [1.29, 1.82) is 0 Å². The summed E-state index contributed by atoms with van der Waals surface area (Å²) in [6.07, 6.45) is 12.4. The molecule has 204 valence electrons. The van der Waals surface area contributed by atoms with Crippen LogP contribution in [0.5, 0.6) is 0 Å². The lowest BCUT2D eigenvalue weighted by atomic mass is 9.68. The van der Waals surface area contributed by atoms with Gasteiger partial charge in [0.05, 0.1) is 36.9 Å². The van der Waals surface area contributed by atoms with Gasteiger partial charge < -0.3 is 24.4 Å². The zero-order valence-corrected chi connectivity index (χ0v) is 22.8. The molecule has 0 aliphatic heterocycles. The maximum absolute atomic E-state index is 12.4. The topological polar surface area (TPSA) is 85.2 Å². The molecule has 0 radical (unpaired) electrons. The van der Waals surface area contributed by atoms with E-state index < -0.39 is 6.29 Å². The molecule has 3 fully saturated rings. The van der Waals surface area contributed by atoms with Crippen molar-refractivity contribution in [2.45, 2.75) is 148 Å². The summed E-state index contributed by atoms with van der Waals surface area (Å²) in [5.41, 5.74) is -0.0426. The standard InChI is InChI=1S/C29H52O6/c1-5-6-7-8-17-33-27(31)21-11-15-24(16-12-21)34-26-20(2)18-25(19-29(26,3)4)35-28(32)22-9-13-23(30)14-10-22/h20-26,28,30,32H,5-19H2,1-4H3. The van der Waals surface area contributed by atoms with Crippen molar-refractivity contribution < 1.29 is 29.2 Å². The van der Waals surface area contributed by atoms with Gasteiger partial charge in [-0.25, -0.2) is 0 Å². The maximum Gasteiger partial charge on any atom is 0.308 e. The minimum absolute atomic E-state index is 0.0164. The zero-order chi connectivity index (χ0) is 25.4. The van der Waals surface area contributed by atoms with E-state index in [1.54, 1.807) is 0 Å². The third-order valence-electron chi connectivity index (χ3n) is 8.74. The van der Waals surface area contributed by atoms with Crippen LogP contribution in [0.4, 0.5) is 0 Å². The number of rotatable bonds is 11. The van der Waals surface area contributed by atoms with E-state index in [2.05, 4.69) is 27.7 Å². The largest absolute Gasteiger partial charge is 0.465 e. The van der Waals surface area contributed by atoms with Crippen LogP contribution in [0.1, 0.15) is 118 Å². The van der Waals surface area contributed by atoms with Crippen LogP contribution in [0.2, 0.25) is 0 Å². The Labute approximate surface area is 213 Å². The van der Waals surface area contributed by atoms with E-state index in [4.69, 9.17) is 14.2 Å². The number of carbonyl (C=O) groups excluding carboxylic acids is 1. The van der Waals surface area contributed by atoms with Crippen molar-refractivity contribution in [3.05, 3.63) is 0 Å². The fourth-order valence-electron chi connectivity index (χ4n) is 6.67. The van der Waals surface area contributed by atoms with Crippen molar-refractivity contribution in [2.75, 3.05) is 6.61 Å². The maximum atomic E-state index is 12.4. The molecule has 4 atom stereocenters. The molecule has 3 saturated carbocycles. The Morgan fingerprint density at radius 2 is 1.66 bits per heavy atom. The summed E-state index contributed by atoms with van der Waals surface area (Å²) in [6.45, 7) is 9.50. The lowest BCUT2D eigenvalue weighted by Gasteiger charge is -2.48. The molecule has 2 N–H and O–H groups in total. The molecule has 0 amide bonds. The van der Waals surface area contributed by atoms with Crippen molar-refractivity contribution in [2.24, 2.45) is 23.2 Å². The Hall–Kier alpha value is -0.690. The molecule has 35 heavy (non-hydrogen) atoms. The molecule has 0 saturated heterocycles. The Morgan fingerprint density at radius 3 is 2.29 bits per heavy atom. The first-order chi connectivity index (χ1) is 16.7. The second-order valence-electron chi connectivity index (χ2n) is 12.4. The highest BCUT2D eigenvalue weighted by molar-refractivity contribution is 5.72. The molecule has 0 aromatic heterocycles. The third-order valence-corrected chi connectivity index (χ3v) is 8.74. The minimum Gasteiger partial charge on any atom is -0.465 e. The van der Waals surface area contributed by atoms with E-state index in [0.29, 0.717) is 12.5 Å². The van der Waals surface area contributed by atoms with Crippen molar-refractivity contribution >= 4 is 5.97 Å². The quantitative estimate of drug-likeness (QED) is 0.215. The van der Waals surface area contributed by atoms with E-state index in [-0.39, 0.29) is 47.6 Å². The molecular formula is C29H52O6. The number of hydrogen-bond donors (Lipinski definition) is 2. The van der Waals surface area contributed by atoms with E-state index >= 15 is 0 Å². The summed E-state index contributed by atoms with van der Waals surface area (Å²) in [6, 6.07) is 0. The molecule has 0 spiro atoms. The molecule has 4 unspecified atom stereocenters. The van der Waals surface area contributed by atoms with Crippen LogP contribution in [0.25, 0.3) is 0 Å². The second-order valence-corrected chi connectivity index (χ2v) is 12.4. The summed E-state index contributed by atoms with van der Waals surface area (Å²) in [5, 5.41) is 20.4. The number of hydrogen-bond acceptors (Lipinski definition) is 6. The van der Waals surface area contributed by atoms with Crippen molar-refractivity contribution in [3.63, 3.8) is 0 Å². The molecule has 0 aromatic rings. The van der Waals surface area contributed by atoms with Gasteiger partial charge in [-0.15, -0.1) is 0 Å². The zero-order valence-electron chi connectivity index (χ0n) is 22.8. The molecule has 0 bridgehead atoms. The predicted molar refractivity (Wildman–Crippen MR) is 137 cm³/mol. The van der Waals surface area contributed by atoms with Gasteiger partial charge in [0.2, 0.25) is 0 Å². The van der Waals surface area contributed by atoms with E-state index in [1.807, 2.05) is 0 Å². The first kappa shape index (κ1) is 28.9. The monoisotopic (exact) mass is 496 g/mol. The van der Waals surface area contributed by atoms with Crippen LogP contribution in [0, 0.1) is 23.2 Å². The molecule has 6 nitrogen and oxygen atoms in total. The van der Waals surface area contributed by atoms with Crippen LogP contribution >= 0.6 is 0 Å². The van der Waals surface area contributed by atoms with Crippen LogP contribution in [-0.2, 0) is 19.0 Å². The van der Waals surface area contributed by atoms with Gasteiger partial charge in [-0.3, -0.25) is 4.79 Å². The van der Waals surface area contributed by atoms with Gasteiger partial charge in [-0.2, -0.15) is 0 Å². The molecule has 0 heterocycles. The van der Waals surface area contributed by atoms with E-state index in [9.17, 15) is 15.0 Å². The van der Waals surface area contributed by atoms with Crippen LogP contribution < -0.4 is 0 Å². The van der Waals surface area contributed by atoms with Crippen LogP contribution in [0.15, 0.2) is 0 Å². The summed E-state index contributed by atoms with van der Waals surface area (Å²) >= 11 is 0. The predicted octanol–water partition coefficient (Wildman–Crippen LogP) is 5.76. The number of unbranched alkanes of at least 4 members (excludes halogenated alkanes) is 3. The third kappa shape index (κ3) is 8.69. The average molecular weight is 497 g/mol. The van der Waals surface area contributed by atoms with Gasteiger partial charge in [-0.1, -0.05) is 47.0 Å². The molecular weight excluding hydrogens is 444 g/mol. The first-order valence-corrected chi connectivity index (χ1v) is 14.5. The number of aliphatic hydroxyl groups excluding tert-OH is 2. The molecule has 3 aliphatic rings. The first-order valence-electron chi connectivity index (χ1n) is 14.5. The summed E-state index contributed by atoms with van der Waals surface area (Å²) in [7, 11) is 0. The number of carbonyl (C=O) groups is 1. The highest BCUT2D eigenvalue weighted by Crippen LogP contribution is 2.44. The summed E-state index contributed by atoms with van der Waals surface area (Å²) in [5.74, 6) is 0.481. The Kier molecular flexibility index (Phi) is 11.3. The Bertz CT molecular complexity index is 621. The van der Waals surface area contributed by atoms with Gasteiger partial charge in [-0.05, 0) is 82.0 Å². The summed E-state index contributed by atoms with van der Waals surface area (Å²) in [4.78, 5) is 12.4. The molecule has 6 heteroatoms. The van der Waals surface area contributed by atoms with Gasteiger partial charge in [0.25, 0.3) is 0 Å². The summed E-state index contributed by atoms with van der Waals surface area (Å²) < 4.78 is 18.4. The molecule has 3 rings (SSSR count). The molecule has 3 aliphatic carbocycles. The normalized spacial score (nSPS) is 36.5. The lowest BCUT2D eigenvalue weighted by molar-refractivity contribution is -0.214. The Morgan fingerprint density at radius 1 is 0.971 bits per heavy atom. The number of ether oxygens (including phenoxy) is 3. The van der Waals surface area contributed by atoms with E-state index in [0.717, 1.165) is 77.0 Å². The number of esters is 1. The van der Waals surface area contributed by atoms with E-state index in [1.165, 1.54) is 12.8 Å². The highest BCUT2D eigenvalue weighted by atomic mass is 16.6. The van der Waals surface area contributed by atoms with Gasteiger partial charge in [0, 0.05) is 5.92 Å². The van der Waals surface area contributed by atoms with Crippen LogP contribution in [0.3, 0.4) is 0 Å². The van der Waals surface area contributed by atoms with Crippen LogP contribution in [-0.4, -0.2) is 53.5 Å². The second kappa shape index (κ2) is 13.7.